The van der Waals surface area contributed by atoms with Crippen molar-refractivity contribution in [1.82, 2.24) is 24.5 Å². The number of thiazole rings is 1. The Morgan fingerprint density at radius 1 is 1.12 bits per heavy atom. The summed E-state index contributed by atoms with van der Waals surface area (Å²) in [5, 5.41) is 4.22. The minimum Gasteiger partial charge on any atom is -0.326 e. The molecule has 5 aromatic rings. The molecule has 2 aromatic carbocycles. The molecule has 3 aromatic heterocycles. The number of halogens is 2. The highest BCUT2D eigenvalue weighted by Crippen LogP contribution is 2.41. The molecule has 0 aliphatic carbocycles. The Hall–Kier alpha value is -3.37. The fourth-order valence-corrected chi connectivity index (χ4v) is 4.92. The first-order valence-electron chi connectivity index (χ1n) is 10.2. The van der Waals surface area contributed by atoms with Crippen molar-refractivity contribution in [3.63, 3.8) is 0 Å². The highest BCUT2D eigenvalue weighted by atomic mass is 35.5. The molecule has 0 aliphatic heterocycles. The van der Waals surface area contributed by atoms with Crippen LogP contribution in [0.3, 0.4) is 0 Å². The van der Waals surface area contributed by atoms with Gasteiger partial charge in [-0.15, -0.1) is 0 Å². The molecule has 1 amide bonds. The third-order valence-corrected chi connectivity index (χ3v) is 6.91. The van der Waals surface area contributed by atoms with Crippen LogP contribution < -0.4 is 11.1 Å². The van der Waals surface area contributed by atoms with Gasteiger partial charge in [-0.1, -0.05) is 64.9 Å². The minimum absolute atomic E-state index is 0.0419. The van der Waals surface area contributed by atoms with Gasteiger partial charge in [0, 0.05) is 12.1 Å². The molecule has 0 unspecified atom stereocenters. The Morgan fingerprint density at radius 3 is 2.79 bits per heavy atom. The second-order valence-electron chi connectivity index (χ2n) is 7.34. The Balaban J connectivity index is 1.51. The molecule has 170 valence electrons. The number of fused-ring (bicyclic) bond motifs is 1. The van der Waals surface area contributed by atoms with Crippen LogP contribution in [0.1, 0.15) is 5.56 Å². The van der Waals surface area contributed by atoms with E-state index in [-0.39, 0.29) is 12.5 Å². The average Bonchev–Trinajstić information content (AvgIpc) is 3.45. The van der Waals surface area contributed by atoms with Crippen molar-refractivity contribution in [3.8, 4) is 21.7 Å². The van der Waals surface area contributed by atoms with Crippen LogP contribution in [0.15, 0.2) is 61.3 Å². The standard InChI is InChI=1S/C23H17Cl2N7OS/c24-16-6-5-13(7-17(16)25)20-21(15-4-2-1-3-14(15)8-26)34-23(31-20)30-19(33)10-32-12-29-22-18(32)9-27-11-28-22/h1-7,9,11-12H,8,10,26H2,(H,30,31,33). The van der Waals surface area contributed by atoms with E-state index in [1.807, 2.05) is 30.3 Å². The molecule has 5 rings (SSSR count). The molecular formula is C23H17Cl2N7OS. The van der Waals surface area contributed by atoms with Crippen LogP contribution in [0, 0.1) is 0 Å². The van der Waals surface area contributed by atoms with Crippen LogP contribution in [0.25, 0.3) is 32.9 Å². The molecule has 0 aliphatic rings. The van der Waals surface area contributed by atoms with E-state index in [9.17, 15) is 4.79 Å². The number of carbonyl (C=O) groups is 1. The molecule has 34 heavy (non-hydrogen) atoms. The first-order chi connectivity index (χ1) is 16.5. The molecule has 11 heteroatoms. The quantitative estimate of drug-likeness (QED) is 0.332. The number of hydrogen-bond acceptors (Lipinski definition) is 7. The van der Waals surface area contributed by atoms with E-state index in [2.05, 4.69) is 20.3 Å². The number of amides is 1. The smallest absolute Gasteiger partial charge is 0.246 e. The number of imidazole rings is 1. The van der Waals surface area contributed by atoms with Crippen molar-refractivity contribution >= 4 is 56.7 Å². The van der Waals surface area contributed by atoms with E-state index in [0.29, 0.717) is 38.6 Å². The van der Waals surface area contributed by atoms with Crippen LogP contribution in [-0.4, -0.2) is 30.4 Å². The van der Waals surface area contributed by atoms with E-state index >= 15 is 0 Å². The maximum atomic E-state index is 12.8. The van der Waals surface area contributed by atoms with Crippen LogP contribution >= 0.6 is 34.5 Å². The van der Waals surface area contributed by atoms with E-state index in [0.717, 1.165) is 21.6 Å². The first kappa shape index (κ1) is 22.4. The van der Waals surface area contributed by atoms with Gasteiger partial charge in [-0.05, 0) is 23.3 Å². The van der Waals surface area contributed by atoms with Gasteiger partial charge in [0.25, 0.3) is 0 Å². The van der Waals surface area contributed by atoms with Gasteiger partial charge in [0.15, 0.2) is 10.8 Å². The predicted octanol–water partition coefficient (Wildman–Crippen LogP) is 5.02. The normalized spacial score (nSPS) is 11.1. The zero-order valence-electron chi connectivity index (χ0n) is 17.6. The molecule has 0 saturated heterocycles. The van der Waals surface area contributed by atoms with Crippen LogP contribution in [-0.2, 0) is 17.9 Å². The van der Waals surface area contributed by atoms with Crippen LogP contribution in [0.2, 0.25) is 10.0 Å². The predicted molar refractivity (Wildman–Crippen MR) is 135 cm³/mol. The minimum atomic E-state index is -0.253. The van der Waals surface area contributed by atoms with Gasteiger partial charge in [-0.2, -0.15) is 0 Å². The van der Waals surface area contributed by atoms with Crippen LogP contribution in [0.5, 0.6) is 0 Å². The van der Waals surface area contributed by atoms with E-state index in [4.69, 9.17) is 33.9 Å². The van der Waals surface area contributed by atoms with Crippen LogP contribution in [0.4, 0.5) is 5.13 Å². The lowest BCUT2D eigenvalue weighted by atomic mass is 10.0. The number of rotatable bonds is 6. The summed E-state index contributed by atoms with van der Waals surface area (Å²) in [6, 6.07) is 13.2. The van der Waals surface area contributed by atoms with Gasteiger partial charge in [0.05, 0.1) is 33.1 Å². The van der Waals surface area contributed by atoms with Crippen molar-refractivity contribution in [3.05, 3.63) is 76.9 Å². The van der Waals surface area contributed by atoms with Crippen molar-refractivity contribution in [2.45, 2.75) is 13.1 Å². The summed E-state index contributed by atoms with van der Waals surface area (Å²) >= 11 is 13.8. The Morgan fingerprint density at radius 2 is 1.97 bits per heavy atom. The maximum absolute atomic E-state index is 12.8. The zero-order chi connectivity index (χ0) is 23.7. The highest BCUT2D eigenvalue weighted by molar-refractivity contribution is 7.19. The van der Waals surface area contributed by atoms with E-state index < -0.39 is 0 Å². The maximum Gasteiger partial charge on any atom is 0.246 e. The lowest BCUT2D eigenvalue weighted by Crippen LogP contribution is -2.18. The molecule has 3 N–H and O–H groups in total. The number of benzene rings is 2. The molecule has 0 fully saturated rings. The summed E-state index contributed by atoms with van der Waals surface area (Å²) in [6.45, 7) is 0.409. The van der Waals surface area contributed by atoms with Crippen molar-refractivity contribution in [2.24, 2.45) is 5.73 Å². The second kappa shape index (κ2) is 9.47. The fourth-order valence-electron chi connectivity index (χ4n) is 3.56. The first-order valence-corrected chi connectivity index (χ1v) is 11.8. The Kier molecular flexibility index (Phi) is 6.25. The number of nitrogens with zero attached hydrogens (tertiary/aromatic N) is 5. The monoisotopic (exact) mass is 509 g/mol. The van der Waals surface area contributed by atoms with Gasteiger partial charge in [-0.25, -0.2) is 19.9 Å². The Labute approximate surface area is 208 Å². The number of nitrogens with two attached hydrogens (primary N) is 1. The molecule has 3 heterocycles. The third kappa shape index (κ3) is 4.38. The summed E-state index contributed by atoms with van der Waals surface area (Å²) in [5.74, 6) is -0.253. The molecule has 0 saturated carbocycles. The lowest BCUT2D eigenvalue weighted by molar-refractivity contribution is -0.116. The molecule has 0 bridgehead atoms. The van der Waals surface area contributed by atoms with Gasteiger partial charge in [0.2, 0.25) is 5.91 Å². The van der Waals surface area contributed by atoms with Gasteiger partial charge < -0.3 is 15.6 Å². The lowest BCUT2D eigenvalue weighted by Gasteiger charge is -2.08. The molecule has 0 radical (unpaired) electrons. The average molecular weight is 510 g/mol. The van der Waals surface area contributed by atoms with Gasteiger partial charge >= 0.3 is 0 Å². The number of aromatic nitrogens is 5. The fraction of sp³-hybridized carbons (Fsp3) is 0.0870. The SMILES string of the molecule is NCc1ccccc1-c1sc(NC(=O)Cn2cnc3ncncc32)nc1-c1ccc(Cl)c(Cl)c1. The second-order valence-corrected chi connectivity index (χ2v) is 9.15. The number of anilines is 1. The number of carbonyl (C=O) groups excluding carboxylic acids is 1. The summed E-state index contributed by atoms with van der Waals surface area (Å²) < 4.78 is 1.68. The number of hydrogen-bond donors (Lipinski definition) is 2. The van der Waals surface area contributed by atoms with Crippen molar-refractivity contribution in [2.75, 3.05) is 5.32 Å². The molecule has 8 nitrogen and oxygen atoms in total. The molecule has 0 spiro atoms. The highest BCUT2D eigenvalue weighted by Gasteiger charge is 2.19. The summed E-state index contributed by atoms with van der Waals surface area (Å²) in [4.78, 5) is 30.7. The zero-order valence-corrected chi connectivity index (χ0v) is 19.9. The Bertz CT molecular complexity index is 1510. The molecular weight excluding hydrogens is 493 g/mol. The third-order valence-electron chi connectivity index (χ3n) is 5.16. The van der Waals surface area contributed by atoms with Gasteiger partial charge in [0.1, 0.15) is 18.4 Å². The van der Waals surface area contributed by atoms with Gasteiger partial charge in [-0.3, -0.25) is 4.79 Å². The summed E-state index contributed by atoms with van der Waals surface area (Å²) in [5.41, 5.74) is 10.6. The summed E-state index contributed by atoms with van der Waals surface area (Å²) in [7, 11) is 0. The number of nitrogens with one attached hydrogen (secondary N) is 1. The summed E-state index contributed by atoms with van der Waals surface area (Å²) in [6.07, 6.45) is 4.60. The van der Waals surface area contributed by atoms with E-state index in [1.165, 1.54) is 17.7 Å². The molecule has 0 atom stereocenters. The van der Waals surface area contributed by atoms with Crippen molar-refractivity contribution < 1.29 is 4.79 Å². The largest absolute Gasteiger partial charge is 0.326 e. The topological polar surface area (TPSA) is 112 Å². The van der Waals surface area contributed by atoms with E-state index in [1.54, 1.807) is 29.2 Å². The van der Waals surface area contributed by atoms with Crippen molar-refractivity contribution in [1.29, 1.82) is 0 Å².